The van der Waals surface area contributed by atoms with Crippen molar-refractivity contribution in [1.29, 1.82) is 0 Å². The van der Waals surface area contributed by atoms with Crippen molar-refractivity contribution < 1.29 is 13.6 Å². The molecule has 3 N–H and O–H groups in total. The number of carbonyl (C=O) groups excluding carboxylic acids is 1. The summed E-state index contributed by atoms with van der Waals surface area (Å²) in [4.78, 5) is 12.9. The summed E-state index contributed by atoms with van der Waals surface area (Å²) in [5, 5.41) is 9.11. The second-order valence-corrected chi connectivity index (χ2v) is 7.38. The minimum atomic E-state index is -1.02. The van der Waals surface area contributed by atoms with Gasteiger partial charge in [-0.15, -0.1) is 0 Å². The fourth-order valence-corrected chi connectivity index (χ4v) is 3.36. The van der Waals surface area contributed by atoms with Crippen molar-refractivity contribution in [3.63, 3.8) is 0 Å². The molecule has 0 saturated heterocycles. The van der Waals surface area contributed by atoms with Crippen molar-refractivity contribution in [2.24, 2.45) is 0 Å². The molecule has 0 radical (unpaired) electrons. The highest BCUT2D eigenvalue weighted by Crippen LogP contribution is 2.29. The molecule has 7 heteroatoms. The van der Waals surface area contributed by atoms with Gasteiger partial charge < -0.3 is 16.0 Å². The Bertz CT molecular complexity index is 955. The molecule has 0 fully saturated rings. The SMILES string of the molecule is CC1=C(C(=O)Nc2ccc(F)c(F)c2)C(c2ccc(C(C)C)cc2)NC(=S)N1. The molecule has 0 aromatic heterocycles. The third-order valence-corrected chi connectivity index (χ3v) is 4.85. The fourth-order valence-electron chi connectivity index (χ4n) is 3.09. The predicted molar refractivity (Wildman–Crippen MR) is 110 cm³/mol. The van der Waals surface area contributed by atoms with Gasteiger partial charge in [0.15, 0.2) is 16.7 Å². The van der Waals surface area contributed by atoms with Gasteiger partial charge in [-0.05, 0) is 48.3 Å². The molecular formula is C21H21F2N3OS. The minimum Gasteiger partial charge on any atom is -0.351 e. The molecule has 1 amide bonds. The van der Waals surface area contributed by atoms with Gasteiger partial charge in [0.2, 0.25) is 0 Å². The molecule has 4 nitrogen and oxygen atoms in total. The molecule has 0 aliphatic carbocycles. The molecule has 0 saturated carbocycles. The Hall–Kier alpha value is -2.80. The second kappa shape index (κ2) is 8.06. The summed E-state index contributed by atoms with van der Waals surface area (Å²) in [7, 11) is 0. The van der Waals surface area contributed by atoms with E-state index in [0.717, 1.165) is 17.7 Å². The van der Waals surface area contributed by atoms with Crippen LogP contribution >= 0.6 is 12.2 Å². The number of nitrogens with one attached hydrogen (secondary N) is 3. The van der Waals surface area contributed by atoms with E-state index in [1.165, 1.54) is 11.6 Å². The zero-order chi connectivity index (χ0) is 20.4. The van der Waals surface area contributed by atoms with Crippen molar-refractivity contribution in [2.45, 2.75) is 32.7 Å². The van der Waals surface area contributed by atoms with E-state index in [-0.39, 0.29) is 5.69 Å². The van der Waals surface area contributed by atoms with Crippen LogP contribution in [-0.2, 0) is 4.79 Å². The first-order chi connectivity index (χ1) is 13.3. The maximum Gasteiger partial charge on any atom is 0.255 e. The van der Waals surface area contributed by atoms with Crippen LogP contribution in [0.1, 0.15) is 43.9 Å². The molecule has 2 aromatic rings. The Kier molecular flexibility index (Phi) is 5.74. The number of anilines is 1. The van der Waals surface area contributed by atoms with Gasteiger partial charge in [-0.3, -0.25) is 4.79 Å². The summed E-state index contributed by atoms with van der Waals surface area (Å²) in [6, 6.07) is 10.7. The minimum absolute atomic E-state index is 0.172. The lowest BCUT2D eigenvalue weighted by Gasteiger charge is -2.30. The van der Waals surface area contributed by atoms with E-state index in [1.807, 2.05) is 24.3 Å². The zero-order valence-electron chi connectivity index (χ0n) is 15.8. The Morgan fingerprint density at radius 3 is 2.39 bits per heavy atom. The van der Waals surface area contributed by atoms with Crippen molar-refractivity contribution in [2.75, 3.05) is 5.32 Å². The van der Waals surface area contributed by atoms with E-state index < -0.39 is 23.6 Å². The molecule has 0 spiro atoms. The van der Waals surface area contributed by atoms with Crippen molar-refractivity contribution in [1.82, 2.24) is 10.6 Å². The number of allylic oxidation sites excluding steroid dienone is 1. The molecule has 0 bridgehead atoms. The normalized spacial score (nSPS) is 16.6. The van der Waals surface area contributed by atoms with Crippen LogP contribution in [0.3, 0.4) is 0 Å². The first kappa shape index (κ1) is 19.9. The van der Waals surface area contributed by atoms with Crippen LogP contribution in [0.25, 0.3) is 0 Å². The van der Waals surface area contributed by atoms with E-state index in [0.29, 0.717) is 22.3 Å². The lowest BCUT2D eigenvalue weighted by atomic mass is 9.92. The van der Waals surface area contributed by atoms with E-state index in [1.54, 1.807) is 6.92 Å². The lowest BCUT2D eigenvalue weighted by molar-refractivity contribution is -0.113. The number of amides is 1. The van der Waals surface area contributed by atoms with E-state index in [4.69, 9.17) is 12.2 Å². The molecule has 1 heterocycles. The molecule has 1 atom stereocenters. The molecule has 28 heavy (non-hydrogen) atoms. The largest absolute Gasteiger partial charge is 0.351 e. The van der Waals surface area contributed by atoms with Crippen molar-refractivity contribution in [3.8, 4) is 0 Å². The Morgan fingerprint density at radius 1 is 1.11 bits per heavy atom. The smallest absolute Gasteiger partial charge is 0.255 e. The van der Waals surface area contributed by atoms with E-state index >= 15 is 0 Å². The number of benzene rings is 2. The predicted octanol–water partition coefficient (Wildman–Crippen LogP) is 4.52. The van der Waals surface area contributed by atoms with Crippen LogP contribution in [0.4, 0.5) is 14.5 Å². The lowest BCUT2D eigenvalue weighted by Crippen LogP contribution is -2.45. The van der Waals surface area contributed by atoms with Crippen LogP contribution in [0, 0.1) is 11.6 Å². The van der Waals surface area contributed by atoms with Gasteiger partial charge in [-0.2, -0.15) is 0 Å². The van der Waals surface area contributed by atoms with Crippen LogP contribution in [0.5, 0.6) is 0 Å². The maximum absolute atomic E-state index is 13.5. The highest BCUT2D eigenvalue weighted by molar-refractivity contribution is 7.80. The summed E-state index contributed by atoms with van der Waals surface area (Å²) in [6.45, 7) is 5.97. The Balaban J connectivity index is 1.92. The number of halogens is 2. The molecule has 1 aliphatic rings. The quantitative estimate of drug-likeness (QED) is 0.660. The third-order valence-electron chi connectivity index (χ3n) is 4.63. The summed E-state index contributed by atoms with van der Waals surface area (Å²) in [5.74, 6) is -2.03. The highest BCUT2D eigenvalue weighted by Gasteiger charge is 2.30. The molecule has 3 rings (SSSR count). The fraction of sp³-hybridized carbons (Fsp3) is 0.238. The first-order valence-electron chi connectivity index (χ1n) is 8.91. The van der Waals surface area contributed by atoms with E-state index in [2.05, 4.69) is 29.8 Å². The van der Waals surface area contributed by atoms with Crippen LogP contribution in [0.2, 0.25) is 0 Å². The Labute approximate surface area is 168 Å². The first-order valence-corrected chi connectivity index (χ1v) is 9.31. The Morgan fingerprint density at radius 2 is 1.79 bits per heavy atom. The molecule has 1 unspecified atom stereocenters. The number of thiocarbonyl (C=S) groups is 1. The molecule has 2 aromatic carbocycles. The van der Waals surface area contributed by atoms with Gasteiger partial charge in [-0.1, -0.05) is 38.1 Å². The average molecular weight is 401 g/mol. The van der Waals surface area contributed by atoms with Crippen LogP contribution in [-0.4, -0.2) is 11.0 Å². The monoisotopic (exact) mass is 401 g/mol. The van der Waals surface area contributed by atoms with Gasteiger partial charge in [0.05, 0.1) is 11.6 Å². The summed E-state index contributed by atoms with van der Waals surface area (Å²) in [6.07, 6.45) is 0. The standard InChI is InChI=1S/C21H21F2N3OS/c1-11(2)13-4-6-14(7-5-13)19-18(12(3)24-21(28)26-19)20(27)25-15-8-9-16(22)17(23)10-15/h4-11,19H,1-3H3,(H,25,27)(H2,24,26,28). The van der Waals surface area contributed by atoms with Gasteiger partial charge in [0, 0.05) is 17.5 Å². The van der Waals surface area contributed by atoms with Gasteiger partial charge in [-0.25, -0.2) is 8.78 Å². The summed E-state index contributed by atoms with van der Waals surface area (Å²) in [5.41, 5.74) is 3.26. The number of carbonyl (C=O) groups is 1. The third kappa shape index (κ3) is 4.20. The number of hydrogen-bond acceptors (Lipinski definition) is 2. The molecular weight excluding hydrogens is 380 g/mol. The van der Waals surface area contributed by atoms with Crippen molar-refractivity contribution in [3.05, 3.63) is 76.5 Å². The topological polar surface area (TPSA) is 53.2 Å². The van der Waals surface area contributed by atoms with Gasteiger partial charge >= 0.3 is 0 Å². The van der Waals surface area contributed by atoms with Crippen molar-refractivity contribution >= 4 is 28.9 Å². The van der Waals surface area contributed by atoms with Gasteiger partial charge in [0.1, 0.15) is 0 Å². The average Bonchev–Trinajstić information content (AvgIpc) is 2.64. The maximum atomic E-state index is 13.5. The summed E-state index contributed by atoms with van der Waals surface area (Å²) >= 11 is 5.25. The molecule has 146 valence electrons. The van der Waals surface area contributed by atoms with Crippen LogP contribution < -0.4 is 16.0 Å². The van der Waals surface area contributed by atoms with Crippen LogP contribution in [0.15, 0.2) is 53.7 Å². The second-order valence-electron chi connectivity index (χ2n) is 6.97. The molecule has 1 aliphatic heterocycles. The van der Waals surface area contributed by atoms with Gasteiger partial charge in [0.25, 0.3) is 5.91 Å². The highest BCUT2D eigenvalue weighted by atomic mass is 32.1. The number of rotatable bonds is 4. The van der Waals surface area contributed by atoms with E-state index in [9.17, 15) is 13.6 Å². The number of hydrogen-bond donors (Lipinski definition) is 3. The zero-order valence-corrected chi connectivity index (χ0v) is 16.6. The summed E-state index contributed by atoms with van der Waals surface area (Å²) < 4.78 is 26.6.